The number of hydrogen-bond acceptors (Lipinski definition) is 3. The Balaban J connectivity index is 1.49. The van der Waals surface area contributed by atoms with Crippen LogP contribution in [0.2, 0.25) is 0 Å². The number of aryl methyl sites for hydroxylation is 1. The van der Waals surface area contributed by atoms with Crippen molar-refractivity contribution in [3.8, 4) is 11.1 Å². The van der Waals surface area contributed by atoms with Crippen LogP contribution in [0.3, 0.4) is 0 Å². The zero-order valence-corrected chi connectivity index (χ0v) is 14.8. The first-order chi connectivity index (χ1) is 12.2. The van der Waals surface area contributed by atoms with E-state index in [0.717, 1.165) is 50.1 Å². The van der Waals surface area contributed by atoms with Crippen molar-refractivity contribution < 1.29 is 4.79 Å². The van der Waals surface area contributed by atoms with Crippen LogP contribution < -0.4 is 5.32 Å². The van der Waals surface area contributed by atoms with Crippen LogP contribution >= 0.6 is 0 Å². The number of carbonyl (C=O) groups is 1. The number of likely N-dealkylation sites (tertiary alicyclic amines) is 1. The summed E-state index contributed by atoms with van der Waals surface area (Å²) in [6.45, 7) is 6.02. The Morgan fingerprint density at radius 1 is 1.08 bits per heavy atom. The first kappa shape index (κ1) is 16.3. The molecule has 0 radical (unpaired) electrons. The molecule has 1 aromatic carbocycles. The molecule has 4 nitrogen and oxygen atoms in total. The fraction of sp³-hybridized carbons (Fsp3) is 0.429. The molecule has 1 amide bonds. The lowest BCUT2D eigenvalue weighted by Gasteiger charge is -2.38. The normalized spacial score (nSPS) is 19.3. The highest BCUT2D eigenvalue weighted by Gasteiger charge is 2.38. The summed E-state index contributed by atoms with van der Waals surface area (Å²) in [5, 5.41) is 3.47. The minimum absolute atomic E-state index is 0.113. The summed E-state index contributed by atoms with van der Waals surface area (Å²) in [6, 6.07) is 10.3. The van der Waals surface area contributed by atoms with E-state index in [-0.39, 0.29) is 5.91 Å². The number of carbonyl (C=O) groups excluding carboxylic acids is 1. The van der Waals surface area contributed by atoms with Crippen LogP contribution in [0, 0.1) is 12.3 Å². The molecule has 2 saturated heterocycles. The van der Waals surface area contributed by atoms with Crippen molar-refractivity contribution in [2.75, 3.05) is 26.2 Å². The van der Waals surface area contributed by atoms with Gasteiger partial charge in [0.05, 0.1) is 5.56 Å². The highest BCUT2D eigenvalue weighted by Crippen LogP contribution is 2.37. The standard InChI is InChI=1S/C21H25N3O/c1-16-2-4-17(5-3-16)18-12-19(14-23-13-18)20(25)24-10-7-21(8-11-24)6-9-22-15-21/h2-5,12-14,22H,6-11,15H2,1H3. The van der Waals surface area contributed by atoms with E-state index in [2.05, 4.69) is 41.5 Å². The quantitative estimate of drug-likeness (QED) is 0.916. The Labute approximate surface area is 149 Å². The SMILES string of the molecule is Cc1ccc(-c2cncc(C(=O)N3CCC4(CCNC4)CC3)c2)cc1. The van der Waals surface area contributed by atoms with Gasteiger partial charge in [-0.3, -0.25) is 9.78 Å². The average molecular weight is 335 g/mol. The van der Waals surface area contributed by atoms with Gasteiger partial charge in [-0.2, -0.15) is 0 Å². The predicted octanol–water partition coefficient (Wildman–Crippen LogP) is 3.27. The third-order valence-corrected chi connectivity index (χ3v) is 5.81. The van der Waals surface area contributed by atoms with Crippen LogP contribution in [0.4, 0.5) is 0 Å². The van der Waals surface area contributed by atoms with Crippen molar-refractivity contribution in [3.05, 3.63) is 53.9 Å². The molecule has 25 heavy (non-hydrogen) atoms. The molecule has 1 spiro atoms. The number of aromatic nitrogens is 1. The number of nitrogens with zero attached hydrogens (tertiary/aromatic N) is 2. The minimum Gasteiger partial charge on any atom is -0.339 e. The van der Waals surface area contributed by atoms with Gasteiger partial charge < -0.3 is 10.2 Å². The van der Waals surface area contributed by atoms with Crippen LogP contribution in [-0.4, -0.2) is 42.0 Å². The molecule has 0 bridgehead atoms. The third-order valence-electron chi connectivity index (χ3n) is 5.81. The zero-order valence-electron chi connectivity index (χ0n) is 14.8. The molecule has 0 atom stereocenters. The molecule has 2 aliphatic rings. The van der Waals surface area contributed by atoms with Gasteiger partial charge in [-0.05, 0) is 49.8 Å². The summed E-state index contributed by atoms with van der Waals surface area (Å²) in [7, 11) is 0. The fourth-order valence-electron chi connectivity index (χ4n) is 4.05. The highest BCUT2D eigenvalue weighted by molar-refractivity contribution is 5.95. The molecule has 2 fully saturated rings. The number of piperidine rings is 1. The topological polar surface area (TPSA) is 45.2 Å². The van der Waals surface area contributed by atoms with Gasteiger partial charge in [0.25, 0.3) is 5.91 Å². The van der Waals surface area contributed by atoms with E-state index in [9.17, 15) is 4.79 Å². The van der Waals surface area contributed by atoms with E-state index in [1.54, 1.807) is 6.20 Å². The van der Waals surface area contributed by atoms with Crippen molar-refractivity contribution in [2.24, 2.45) is 5.41 Å². The third kappa shape index (κ3) is 3.31. The summed E-state index contributed by atoms with van der Waals surface area (Å²) in [5.41, 5.74) is 4.45. The number of benzene rings is 1. The maximum atomic E-state index is 12.9. The van der Waals surface area contributed by atoms with Crippen LogP contribution in [0.1, 0.15) is 35.2 Å². The Morgan fingerprint density at radius 3 is 2.52 bits per heavy atom. The lowest BCUT2D eigenvalue weighted by atomic mass is 9.78. The lowest BCUT2D eigenvalue weighted by Crippen LogP contribution is -2.44. The minimum atomic E-state index is 0.113. The number of pyridine rings is 1. The molecule has 4 heteroatoms. The van der Waals surface area contributed by atoms with E-state index in [4.69, 9.17) is 0 Å². The van der Waals surface area contributed by atoms with E-state index >= 15 is 0 Å². The average Bonchev–Trinajstić information content (AvgIpc) is 3.10. The van der Waals surface area contributed by atoms with Crippen molar-refractivity contribution >= 4 is 5.91 Å². The molecule has 4 rings (SSSR count). The van der Waals surface area contributed by atoms with Gasteiger partial charge in [-0.25, -0.2) is 0 Å². The van der Waals surface area contributed by atoms with E-state index in [1.165, 1.54) is 12.0 Å². The van der Waals surface area contributed by atoms with E-state index < -0.39 is 0 Å². The molecule has 2 aliphatic heterocycles. The second kappa shape index (κ2) is 6.60. The number of hydrogen-bond donors (Lipinski definition) is 1. The highest BCUT2D eigenvalue weighted by atomic mass is 16.2. The van der Waals surface area contributed by atoms with Crippen molar-refractivity contribution in [1.29, 1.82) is 0 Å². The molecular formula is C21H25N3O. The number of rotatable bonds is 2. The molecule has 0 aliphatic carbocycles. The number of amides is 1. The van der Waals surface area contributed by atoms with Gasteiger partial charge in [0.2, 0.25) is 0 Å². The van der Waals surface area contributed by atoms with Crippen LogP contribution in [0.25, 0.3) is 11.1 Å². The first-order valence-corrected chi connectivity index (χ1v) is 9.17. The van der Waals surface area contributed by atoms with Crippen LogP contribution in [-0.2, 0) is 0 Å². The van der Waals surface area contributed by atoms with Crippen molar-refractivity contribution in [3.63, 3.8) is 0 Å². The molecule has 130 valence electrons. The van der Waals surface area contributed by atoms with E-state index in [1.807, 2.05) is 17.2 Å². The molecule has 1 N–H and O–H groups in total. The van der Waals surface area contributed by atoms with Gasteiger partial charge >= 0.3 is 0 Å². The smallest absolute Gasteiger partial charge is 0.255 e. The van der Waals surface area contributed by atoms with Gasteiger partial charge in [0.15, 0.2) is 0 Å². The predicted molar refractivity (Wildman–Crippen MR) is 99.5 cm³/mol. The van der Waals surface area contributed by atoms with Gasteiger partial charge in [-0.15, -0.1) is 0 Å². The van der Waals surface area contributed by atoms with Crippen molar-refractivity contribution in [2.45, 2.75) is 26.2 Å². The molecule has 0 unspecified atom stereocenters. The second-order valence-corrected chi connectivity index (χ2v) is 7.55. The van der Waals surface area contributed by atoms with E-state index in [0.29, 0.717) is 11.0 Å². The van der Waals surface area contributed by atoms with Gasteiger partial charge in [0.1, 0.15) is 0 Å². The van der Waals surface area contributed by atoms with Crippen molar-refractivity contribution in [1.82, 2.24) is 15.2 Å². The molecular weight excluding hydrogens is 310 g/mol. The molecule has 3 heterocycles. The Kier molecular flexibility index (Phi) is 4.30. The summed E-state index contributed by atoms with van der Waals surface area (Å²) < 4.78 is 0. The summed E-state index contributed by atoms with van der Waals surface area (Å²) in [5.74, 6) is 0.113. The summed E-state index contributed by atoms with van der Waals surface area (Å²) >= 11 is 0. The van der Waals surface area contributed by atoms with Gasteiger partial charge in [0, 0.05) is 37.6 Å². The maximum Gasteiger partial charge on any atom is 0.255 e. The second-order valence-electron chi connectivity index (χ2n) is 7.55. The Bertz CT molecular complexity index is 753. The Morgan fingerprint density at radius 2 is 1.84 bits per heavy atom. The van der Waals surface area contributed by atoms with Crippen LogP contribution in [0.15, 0.2) is 42.7 Å². The van der Waals surface area contributed by atoms with Crippen LogP contribution in [0.5, 0.6) is 0 Å². The lowest BCUT2D eigenvalue weighted by molar-refractivity contribution is 0.0607. The fourth-order valence-corrected chi connectivity index (χ4v) is 4.05. The first-order valence-electron chi connectivity index (χ1n) is 9.17. The van der Waals surface area contributed by atoms with Gasteiger partial charge in [-0.1, -0.05) is 29.8 Å². The maximum absolute atomic E-state index is 12.9. The molecule has 0 saturated carbocycles. The molecule has 1 aromatic heterocycles. The Hall–Kier alpha value is -2.20. The summed E-state index contributed by atoms with van der Waals surface area (Å²) in [6.07, 6.45) is 6.99. The molecule has 2 aromatic rings. The largest absolute Gasteiger partial charge is 0.339 e. The zero-order chi connectivity index (χ0) is 17.3. The monoisotopic (exact) mass is 335 g/mol. The summed E-state index contributed by atoms with van der Waals surface area (Å²) in [4.78, 5) is 19.2. The number of nitrogens with one attached hydrogen (secondary N) is 1.